The highest BCUT2D eigenvalue weighted by Gasteiger charge is 2.10. The number of hydrogen-bond donors (Lipinski definition) is 1. The SMILES string of the molecule is Nc1ccc(-c2cnc3cnccn23)c(F)c1. The van der Waals surface area contributed by atoms with E-state index in [2.05, 4.69) is 9.97 Å². The standard InChI is InChI=1S/C12H9FN4/c13-10-5-8(14)1-2-9(10)11-6-16-12-7-15-3-4-17(11)12/h1-7H,14H2. The summed E-state index contributed by atoms with van der Waals surface area (Å²) in [6, 6.07) is 4.61. The zero-order valence-electron chi connectivity index (χ0n) is 8.84. The van der Waals surface area contributed by atoms with Gasteiger partial charge in [-0.05, 0) is 18.2 Å². The first kappa shape index (κ1) is 9.77. The van der Waals surface area contributed by atoms with Gasteiger partial charge in [0.15, 0.2) is 5.65 Å². The number of rotatable bonds is 1. The number of halogens is 1. The fourth-order valence-electron chi connectivity index (χ4n) is 1.78. The Morgan fingerprint density at radius 2 is 2.12 bits per heavy atom. The van der Waals surface area contributed by atoms with Crippen LogP contribution in [0.5, 0.6) is 0 Å². The number of nitrogens with two attached hydrogens (primary N) is 1. The van der Waals surface area contributed by atoms with Crippen molar-refractivity contribution in [1.29, 1.82) is 0 Å². The molecule has 0 aliphatic heterocycles. The molecule has 0 aliphatic carbocycles. The van der Waals surface area contributed by atoms with Gasteiger partial charge in [0.1, 0.15) is 5.82 Å². The summed E-state index contributed by atoms with van der Waals surface area (Å²) >= 11 is 0. The first-order valence-electron chi connectivity index (χ1n) is 5.08. The fraction of sp³-hybridized carbons (Fsp3) is 0. The molecule has 2 N–H and O–H groups in total. The lowest BCUT2D eigenvalue weighted by Gasteiger charge is -2.03. The van der Waals surface area contributed by atoms with Gasteiger partial charge in [0.05, 0.1) is 18.1 Å². The summed E-state index contributed by atoms with van der Waals surface area (Å²) in [5, 5.41) is 0. The lowest BCUT2D eigenvalue weighted by Crippen LogP contribution is -1.93. The highest BCUT2D eigenvalue weighted by Crippen LogP contribution is 2.24. The van der Waals surface area contributed by atoms with Crippen LogP contribution in [0.3, 0.4) is 0 Å². The maximum atomic E-state index is 13.8. The van der Waals surface area contributed by atoms with Crippen LogP contribution >= 0.6 is 0 Å². The van der Waals surface area contributed by atoms with E-state index in [0.717, 1.165) is 0 Å². The van der Waals surface area contributed by atoms with Crippen molar-refractivity contribution < 1.29 is 4.39 Å². The van der Waals surface area contributed by atoms with Crippen molar-refractivity contribution in [3.05, 3.63) is 48.8 Å². The van der Waals surface area contributed by atoms with Crippen LogP contribution < -0.4 is 5.73 Å². The number of fused-ring (bicyclic) bond motifs is 1. The van der Waals surface area contributed by atoms with Crippen molar-refractivity contribution in [3.63, 3.8) is 0 Å². The molecule has 2 heterocycles. The summed E-state index contributed by atoms with van der Waals surface area (Å²) in [6.07, 6.45) is 6.62. The van der Waals surface area contributed by atoms with Gasteiger partial charge in [0.25, 0.3) is 0 Å². The molecule has 0 fully saturated rings. The molecule has 0 aliphatic rings. The normalized spacial score (nSPS) is 10.9. The molecule has 0 saturated carbocycles. The van der Waals surface area contributed by atoms with E-state index in [-0.39, 0.29) is 5.82 Å². The second-order valence-electron chi connectivity index (χ2n) is 3.69. The van der Waals surface area contributed by atoms with E-state index >= 15 is 0 Å². The second kappa shape index (κ2) is 3.55. The number of anilines is 1. The van der Waals surface area contributed by atoms with Crippen LogP contribution in [0.1, 0.15) is 0 Å². The lowest BCUT2D eigenvalue weighted by molar-refractivity contribution is 0.631. The number of hydrogen-bond acceptors (Lipinski definition) is 3. The van der Waals surface area contributed by atoms with Crippen molar-refractivity contribution >= 4 is 11.3 Å². The minimum Gasteiger partial charge on any atom is -0.399 e. The van der Waals surface area contributed by atoms with Crippen molar-refractivity contribution in [2.75, 3.05) is 5.73 Å². The lowest BCUT2D eigenvalue weighted by atomic mass is 10.1. The van der Waals surface area contributed by atoms with Gasteiger partial charge in [-0.1, -0.05) is 0 Å². The number of imidazole rings is 1. The first-order chi connectivity index (χ1) is 8.25. The third-order valence-electron chi connectivity index (χ3n) is 2.59. The Balaban J connectivity index is 2.27. The summed E-state index contributed by atoms with van der Waals surface area (Å²) in [5.41, 5.74) is 7.76. The molecule has 2 aromatic heterocycles. The monoisotopic (exact) mass is 228 g/mol. The van der Waals surface area contributed by atoms with Crippen molar-refractivity contribution in [3.8, 4) is 11.3 Å². The quantitative estimate of drug-likeness (QED) is 0.649. The highest BCUT2D eigenvalue weighted by molar-refractivity contribution is 5.65. The topological polar surface area (TPSA) is 56.2 Å². The Labute approximate surface area is 96.6 Å². The van der Waals surface area contributed by atoms with E-state index in [1.165, 1.54) is 6.07 Å². The molecule has 0 bridgehead atoms. The number of benzene rings is 1. The largest absolute Gasteiger partial charge is 0.399 e. The van der Waals surface area contributed by atoms with Gasteiger partial charge in [0.2, 0.25) is 0 Å². The summed E-state index contributed by atoms with van der Waals surface area (Å²) in [5.74, 6) is -0.358. The van der Waals surface area contributed by atoms with Crippen LogP contribution in [0.25, 0.3) is 16.9 Å². The minimum atomic E-state index is -0.358. The van der Waals surface area contributed by atoms with Crippen molar-refractivity contribution in [2.24, 2.45) is 0 Å². The molecule has 0 saturated heterocycles. The number of nitrogens with zero attached hydrogens (tertiary/aromatic N) is 3. The molecule has 5 heteroatoms. The first-order valence-corrected chi connectivity index (χ1v) is 5.08. The van der Waals surface area contributed by atoms with E-state index in [4.69, 9.17) is 5.73 Å². The maximum absolute atomic E-state index is 13.8. The van der Waals surface area contributed by atoms with E-state index in [1.54, 1.807) is 41.3 Å². The average Bonchev–Trinajstić information content (AvgIpc) is 2.73. The van der Waals surface area contributed by atoms with Gasteiger partial charge in [-0.25, -0.2) is 9.37 Å². The number of aromatic nitrogens is 3. The van der Waals surface area contributed by atoms with E-state index in [9.17, 15) is 4.39 Å². The summed E-state index contributed by atoms with van der Waals surface area (Å²) in [4.78, 5) is 8.12. The Morgan fingerprint density at radius 3 is 2.94 bits per heavy atom. The molecule has 17 heavy (non-hydrogen) atoms. The van der Waals surface area contributed by atoms with Gasteiger partial charge < -0.3 is 5.73 Å². The molecule has 0 radical (unpaired) electrons. The van der Waals surface area contributed by atoms with Crippen molar-refractivity contribution in [2.45, 2.75) is 0 Å². The predicted octanol–water partition coefficient (Wildman–Crippen LogP) is 2.12. The molecular formula is C12H9FN4. The van der Waals surface area contributed by atoms with Crippen LogP contribution in [-0.2, 0) is 0 Å². The molecular weight excluding hydrogens is 219 g/mol. The maximum Gasteiger partial charge on any atom is 0.155 e. The third-order valence-corrected chi connectivity index (χ3v) is 2.59. The zero-order chi connectivity index (χ0) is 11.8. The fourth-order valence-corrected chi connectivity index (χ4v) is 1.78. The molecule has 0 spiro atoms. The predicted molar refractivity (Wildman–Crippen MR) is 62.8 cm³/mol. The Morgan fingerprint density at radius 1 is 1.24 bits per heavy atom. The van der Waals surface area contributed by atoms with E-state index in [1.807, 2.05) is 0 Å². The molecule has 1 aromatic carbocycles. The van der Waals surface area contributed by atoms with Crippen LogP contribution in [0.4, 0.5) is 10.1 Å². The zero-order valence-corrected chi connectivity index (χ0v) is 8.84. The third kappa shape index (κ3) is 1.52. The summed E-state index contributed by atoms with van der Waals surface area (Å²) in [6.45, 7) is 0. The Bertz CT molecular complexity index is 690. The smallest absolute Gasteiger partial charge is 0.155 e. The Kier molecular flexibility index (Phi) is 2.04. The van der Waals surface area contributed by atoms with Gasteiger partial charge >= 0.3 is 0 Å². The van der Waals surface area contributed by atoms with Gasteiger partial charge in [-0.2, -0.15) is 0 Å². The highest BCUT2D eigenvalue weighted by atomic mass is 19.1. The molecule has 0 unspecified atom stereocenters. The van der Waals surface area contributed by atoms with Gasteiger partial charge in [-0.15, -0.1) is 0 Å². The Hall–Kier alpha value is -2.43. The van der Waals surface area contributed by atoms with Crippen molar-refractivity contribution in [1.82, 2.24) is 14.4 Å². The molecule has 3 rings (SSSR count). The van der Waals surface area contributed by atoms with Crippen LogP contribution in [0.2, 0.25) is 0 Å². The number of nitrogen functional groups attached to an aromatic ring is 1. The second-order valence-corrected chi connectivity index (χ2v) is 3.69. The average molecular weight is 228 g/mol. The van der Waals surface area contributed by atoms with E-state index in [0.29, 0.717) is 22.6 Å². The minimum absolute atomic E-state index is 0.358. The van der Waals surface area contributed by atoms with Gasteiger partial charge in [0, 0.05) is 23.6 Å². The van der Waals surface area contributed by atoms with Gasteiger partial charge in [-0.3, -0.25) is 9.38 Å². The van der Waals surface area contributed by atoms with E-state index < -0.39 is 0 Å². The molecule has 0 atom stereocenters. The molecule has 84 valence electrons. The van der Waals surface area contributed by atoms with Crippen LogP contribution in [0.15, 0.2) is 43.0 Å². The van der Waals surface area contributed by atoms with Crippen LogP contribution in [-0.4, -0.2) is 14.4 Å². The summed E-state index contributed by atoms with van der Waals surface area (Å²) < 4.78 is 15.6. The summed E-state index contributed by atoms with van der Waals surface area (Å²) in [7, 11) is 0. The van der Waals surface area contributed by atoms with Crippen LogP contribution in [0, 0.1) is 5.82 Å². The molecule has 4 nitrogen and oxygen atoms in total. The molecule has 3 aromatic rings. The molecule has 0 amide bonds.